The predicted molar refractivity (Wildman–Crippen MR) is 90.9 cm³/mol. The summed E-state index contributed by atoms with van der Waals surface area (Å²) < 4.78 is 10.6. The minimum absolute atomic E-state index is 0.0215. The number of thioether (sulfide) groups is 1. The van der Waals surface area contributed by atoms with Crippen LogP contribution >= 0.6 is 11.8 Å². The first kappa shape index (κ1) is 15.7. The number of hydrogen-bond acceptors (Lipinski definition) is 4. The molecule has 1 amide bonds. The molecule has 120 valence electrons. The summed E-state index contributed by atoms with van der Waals surface area (Å²) in [7, 11) is 0. The lowest BCUT2D eigenvalue weighted by Crippen LogP contribution is -2.30. The Balaban J connectivity index is 1.53. The first-order valence-electron chi connectivity index (χ1n) is 7.51. The van der Waals surface area contributed by atoms with Crippen molar-refractivity contribution >= 4 is 17.7 Å². The van der Waals surface area contributed by atoms with Crippen LogP contribution in [0, 0.1) is 6.92 Å². The van der Waals surface area contributed by atoms with Crippen molar-refractivity contribution in [3.8, 4) is 11.5 Å². The van der Waals surface area contributed by atoms with E-state index in [0.29, 0.717) is 6.54 Å². The molecule has 0 saturated carbocycles. The van der Waals surface area contributed by atoms with E-state index in [1.54, 1.807) is 11.8 Å². The van der Waals surface area contributed by atoms with Gasteiger partial charge in [-0.05, 0) is 43.7 Å². The largest absolute Gasteiger partial charge is 0.454 e. The van der Waals surface area contributed by atoms with Gasteiger partial charge in [0.25, 0.3) is 0 Å². The van der Waals surface area contributed by atoms with Crippen molar-refractivity contribution in [2.24, 2.45) is 0 Å². The van der Waals surface area contributed by atoms with E-state index in [1.165, 1.54) is 5.56 Å². The predicted octanol–water partition coefficient (Wildman–Crippen LogP) is 3.52. The zero-order chi connectivity index (χ0) is 16.2. The zero-order valence-electron chi connectivity index (χ0n) is 13.2. The molecule has 1 atom stereocenters. The van der Waals surface area contributed by atoms with Gasteiger partial charge in [-0.15, -0.1) is 11.8 Å². The van der Waals surface area contributed by atoms with Crippen molar-refractivity contribution in [3.05, 3.63) is 53.6 Å². The van der Waals surface area contributed by atoms with Gasteiger partial charge in [0, 0.05) is 11.4 Å². The minimum Gasteiger partial charge on any atom is -0.454 e. The Morgan fingerprint density at radius 3 is 2.70 bits per heavy atom. The maximum atomic E-state index is 12.2. The average Bonchev–Trinajstić information content (AvgIpc) is 3.02. The van der Waals surface area contributed by atoms with E-state index in [2.05, 4.69) is 24.4 Å². The smallest absolute Gasteiger partial charge is 0.233 e. The number of ether oxygens (including phenoxy) is 2. The maximum Gasteiger partial charge on any atom is 0.233 e. The molecule has 0 saturated heterocycles. The van der Waals surface area contributed by atoms with E-state index in [0.717, 1.165) is 22.0 Å². The first-order valence-corrected chi connectivity index (χ1v) is 8.39. The molecule has 1 heterocycles. The number of amides is 1. The van der Waals surface area contributed by atoms with Crippen molar-refractivity contribution in [2.75, 3.05) is 6.79 Å². The van der Waals surface area contributed by atoms with Gasteiger partial charge in [-0.25, -0.2) is 0 Å². The zero-order valence-corrected chi connectivity index (χ0v) is 14.0. The van der Waals surface area contributed by atoms with Crippen LogP contribution in [0.15, 0.2) is 47.4 Å². The summed E-state index contributed by atoms with van der Waals surface area (Å²) in [4.78, 5) is 13.3. The lowest BCUT2D eigenvalue weighted by atomic mass is 10.2. The summed E-state index contributed by atoms with van der Waals surface area (Å²) in [5.74, 6) is 1.51. The van der Waals surface area contributed by atoms with Gasteiger partial charge >= 0.3 is 0 Å². The summed E-state index contributed by atoms with van der Waals surface area (Å²) in [5.41, 5.74) is 2.21. The molecule has 0 radical (unpaired) electrons. The summed E-state index contributed by atoms with van der Waals surface area (Å²) in [6.45, 7) is 4.71. The van der Waals surface area contributed by atoms with Gasteiger partial charge in [0.05, 0.1) is 5.25 Å². The van der Waals surface area contributed by atoms with E-state index in [4.69, 9.17) is 9.47 Å². The van der Waals surface area contributed by atoms with Crippen LogP contribution in [0.25, 0.3) is 0 Å². The minimum atomic E-state index is -0.147. The second-order valence-corrected chi connectivity index (χ2v) is 6.89. The SMILES string of the molecule is Cc1ccc(SC(C)C(=O)NCc2ccc3c(c2)OCO3)cc1. The second kappa shape index (κ2) is 6.96. The molecule has 1 N–H and O–H groups in total. The first-order chi connectivity index (χ1) is 11.1. The Labute approximate surface area is 140 Å². The van der Waals surface area contributed by atoms with Gasteiger partial charge < -0.3 is 14.8 Å². The molecule has 0 fully saturated rings. The molecule has 2 aromatic carbocycles. The quantitative estimate of drug-likeness (QED) is 0.853. The Bertz CT molecular complexity index is 700. The Morgan fingerprint density at radius 2 is 1.91 bits per heavy atom. The van der Waals surface area contributed by atoms with Crippen LogP contribution < -0.4 is 14.8 Å². The number of carbonyl (C=O) groups excluding carboxylic acids is 1. The third kappa shape index (κ3) is 3.99. The lowest BCUT2D eigenvalue weighted by Gasteiger charge is -2.12. The average molecular weight is 329 g/mol. The number of aryl methyl sites for hydroxylation is 1. The van der Waals surface area contributed by atoms with Crippen LogP contribution in [0.5, 0.6) is 11.5 Å². The van der Waals surface area contributed by atoms with Crippen molar-refractivity contribution in [1.82, 2.24) is 5.32 Å². The fourth-order valence-electron chi connectivity index (χ4n) is 2.26. The maximum absolute atomic E-state index is 12.2. The molecule has 1 aliphatic rings. The van der Waals surface area contributed by atoms with Crippen molar-refractivity contribution < 1.29 is 14.3 Å². The third-order valence-electron chi connectivity index (χ3n) is 3.61. The number of fused-ring (bicyclic) bond motifs is 1. The van der Waals surface area contributed by atoms with E-state index in [-0.39, 0.29) is 18.0 Å². The number of nitrogens with one attached hydrogen (secondary N) is 1. The van der Waals surface area contributed by atoms with Gasteiger partial charge in [0.15, 0.2) is 11.5 Å². The summed E-state index contributed by atoms with van der Waals surface area (Å²) in [5, 5.41) is 2.82. The van der Waals surface area contributed by atoms with E-state index < -0.39 is 0 Å². The molecular weight excluding hydrogens is 310 g/mol. The van der Waals surface area contributed by atoms with Gasteiger partial charge in [-0.3, -0.25) is 4.79 Å². The lowest BCUT2D eigenvalue weighted by molar-refractivity contribution is -0.120. The molecule has 0 bridgehead atoms. The normalized spacial score (nSPS) is 13.7. The highest BCUT2D eigenvalue weighted by molar-refractivity contribution is 8.00. The highest BCUT2D eigenvalue weighted by Crippen LogP contribution is 2.32. The number of carbonyl (C=O) groups is 1. The number of rotatable bonds is 5. The van der Waals surface area contributed by atoms with Crippen LogP contribution in [0.4, 0.5) is 0 Å². The van der Waals surface area contributed by atoms with Crippen molar-refractivity contribution in [2.45, 2.75) is 30.5 Å². The summed E-state index contributed by atoms with van der Waals surface area (Å²) in [6.07, 6.45) is 0. The fourth-order valence-corrected chi connectivity index (χ4v) is 3.15. The molecule has 1 aliphatic heterocycles. The van der Waals surface area contributed by atoms with Gasteiger partial charge in [0.1, 0.15) is 0 Å². The summed E-state index contributed by atoms with van der Waals surface area (Å²) in [6, 6.07) is 13.9. The molecule has 23 heavy (non-hydrogen) atoms. The highest BCUT2D eigenvalue weighted by Gasteiger charge is 2.16. The highest BCUT2D eigenvalue weighted by atomic mass is 32.2. The molecular formula is C18H19NO3S. The number of hydrogen-bond donors (Lipinski definition) is 1. The molecule has 1 unspecified atom stereocenters. The monoisotopic (exact) mass is 329 g/mol. The standard InChI is InChI=1S/C18H19NO3S/c1-12-3-6-15(7-4-12)23-13(2)18(20)19-10-14-5-8-16-17(9-14)22-11-21-16/h3-9,13H,10-11H2,1-2H3,(H,19,20). The molecule has 3 rings (SSSR count). The van der Waals surface area contributed by atoms with Crippen molar-refractivity contribution in [3.63, 3.8) is 0 Å². The molecule has 4 nitrogen and oxygen atoms in total. The Morgan fingerprint density at radius 1 is 1.17 bits per heavy atom. The molecule has 0 aliphatic carbocycles. The number of benzene rings is 2. The van der Waals surface area contributed by atoms with Crippen LogP contribution in [0.3, 0.4) is 0 Å². The molecule has 0 aromatic heterocycles. The van der Waals surface area contributed by atoms with Gasteiger partial charge in [-0.2, -0.15) is 0 Å². The van der Waals surface area contributed by atoms with E-state index >= 15 is 0 Å². The topological polar surface area (TPSA) is 47.6 Å². The van der Waals surface area contributed by atoms with Crippen LogP contribution in [-0.4, -0.2) is 18.0 Å². The Hall–Kier alpha value is -2.14. The fraction of sp³-hybridized carbons (Fsp3) is 0.278. The third-order valence-corrected chi connectivity index (χ3v) is 4.72. The van der Waals surface area contributed by atoms with E-state index in [1.807, 2.05) is 37.3 Å². The molecule has 2 aromatic rings. The molecule has 0 spiro atoms. The van der Waals surface area contributed by atoms with Crippen molar-refractivity contribution in [1.29, 1.82) is 0 Å². The van der Waals surface area contributed by atoms with Crippen LogP contribution in [0.2, 0.25) is 0 Å². The molecule has 5 heteroatoms. The van der Waals surface area contributed by atoms with Gasteiger partial charge in [0.2, 0.25) is 12.7 Å². The van der Waals surface area contributed by atoms with E-state index in [9.17, 15) is 4.79 Å². The van der Waals surface area contributed by atoms with Crippen LogP contribution in [0.1, 0.15) is 18.1 Å². The Kier molecular flexibility index (Phi) is 4.76. The van der Waals surface area contributed by atoms with Gasteiger partial charge in [-0.1, -0.05) is 23.8 Å². The second-order valence-electron chi connectivity index (χ2n) is 5.48. The summed E-state index contributed by atoms with van der Waals surface area (Å²) >= 11 is 1.56. The van der Waals surface area contributed by atoms with Crippen LogP contribution in [-0.2, 0) is 11.3 Å².